The van der Waals surface area contributed by atoms with Crippen LogP contribution in [0.1, 0.15) is 5.56 Å². The fraction of sp³-hybridized carbons (Fsp3) is 0. The number of nitriles is 1. The van der Waals surface area contributed by atoms with Crippen LogP contribution in [0, 0.1) is 11.3 Å². The average Bonchev–Trinajstić information content (AvgIpc) is 2.20. The molecule has 1 aromatic heterocycles. The molecule has 0 aliphatic rings. The van der Waals surface area contributed by atoms with Gasteiger partial charge in [-0.05, 0) is 12.1 Å². The summed E-state index contributed by atoms with van der Waals surface area (Å²) in [6.07, 6.45) is 0. The zero-order chi connectivity index (χ0) is 10.1. The molecule has 2 rings (SSSR count). The Morgan fingerprint density at radius 1 is 1.36 bits per heavy atom. The zero-order valence-electron chi connectivity index (χ0n) is 6.95. The molecular weight excluding hydrogens is 202 g/mol. The highest BCUT2D eigenvalue weighted by atomic mass is 35.5. The average molecular weight is 206 g/mol. The largest absolute Gasteiger partial charge is 0.422 e. The van der Waals surface area contributed by atoms with Crippen LogP contribution in [0.15, 0.2) is 33.5 Å². The van der Waals surface area contributed by atoms with Gasteiger partial charge in [0.1, 0.15) is 16.7 Å². The van der Waals surface area contributed by atoms with Gasteiger partial charge in [0, 0.05) is 5.39 Å². The van der Waals surface area contributed by atoms with E-state index in [4.69, 9.17) is 21.3 Å². The minimum absolute atomic E-state index is 0.161. The maximum absolute atomic E-state index is 11.2. The van der Waals surface area contributed by atoms with E-state index in [2.05, 4.69) is 0 Å². The fourth-order valence-electron chi connectivity index (χ4n) is 1.24. The Hall–Kier alpha value is -1.79. The van der Waals surface area contributed by atoms with Gasteiger partial charge in [-0.15, -0.1) is 0 Å². The standard InChI is InChI=1S/C10H4ClNO2/c11-9-7(5-12)6-3-1-2-4-8(6)14-10(9)13/h1-4H. The van der Waals surface area contributed by atoms with Crippen molar-refractivity contribution < 1.29 is 4.42 Å². The number of para-hydroxylation sites is 1. The molecule has 0 fully saturated rings. The molecule has 0 saturated carbocycles. The zero-order valence-corrected chi connectivity index (χ0v) is 7.71. The molecule has 14 heavy (non-hydrogen) atoms. The first-order chi connectivity index (χ1) is 6.74. The summed E-state index contributed by atoms with van der Waals surface area (Å²) in [6, 6.07) is 8.66. The van der Waals surface area contributed by atoms with Crippen molar-refractivity contribution in [2.24, 2.45) is 0 Å². The van der Waals surface area contributed by atoms with E-state index in [1.54, 1.807) is 24.3 Å². The molecule has 0 amide bonds. The maximum Gasteiger partial charge on any atom is 0.356 e. The number of halogens is 1. The summed E-state index contributed by atoms with van der Waals surface area (Å²) in [5.41, 5.74) is -0.140. The molecule has 0 radical (unpaired) electrons. The SMILES string of the molecule is N#Cc1c(Cl)c(=O)oc2ccccc12. The number of hydrogen-bond donors (Lipinski definition) is 0. The van der Waals surface area contributed by atoms with Crippen LogP contribution in [-0.4, -0.2) is 0 Å². The Labute approximate surface area is 84.1 Å². The van der Waals surface area contributed by atoms with Crippen molar-refractivity contribution in [1.29, 1.82) is 5.26 Å². The number of rotatable bonds is 0. The Kier molecular flexibility index (Phi) is 1.99. The van der Waals surface area contributed by atoms with Gasteiger partial charge < -0.3 is 4.42 Å². The van der Waals surface area contributed by atoms with E-state index in [0.29, 0.717) is 11.0 Å². The molecule has 3 nitrogen and oxygen atoms in total. The Morgan fingerprint density at radius 2 is 2.07 bits per heavy atom. The van der Waals surface area contributed by atoms with E-state index >= 15 is 0 Å². The highest BCUT2D eigenvalue weighted by molar-refractivity contribution is 6.32. The predicted molar refractivity (Wildman–Crippen MR) is 52.2 cm³/mol. The van der Waals surface area contributed by atoms with Crippen molar-refractivity contribution in [3.8, 4) is 6.07 Å². The van der Waals surface area contributed by atoms with Crippen LogP contribution in [0.3, 0.4) is 0 Å². The van der Waals surface area contributed by atoms with Gasteiger partial charge in [0.25, 0.3) is 0 Å². The molecule has 2 aromatic rings. The summed E-state index contributed by atoms with van der Waals surface area (Å²) in [4.78, 5) is 11.2. The van der Waals surface area contributed by atoms with E-state index in [-0.39, 0.29) is 10.6 Å². The van der Waals surface area contributed by atoms with Crippen molar-refractivity contribution >= 4 is 22.6 Å². The van der Waals surface area contributed by atoms with Gasteiger partial charge in [-0.25, -0.2) is 4.79 Å². The van der Waals surface area contributed by atoms with Crippen LogP contribution >= 0.6 is 11.6 Å². The molecule has 0 unspecified atom stereocenters. The summed E-state index contributed by atoms with van der Waals surface area (Å²) in [5, 5.41) is 9.22. The highest BCUT2D eigenvalue weighted by Gasteiger charge is 2.11. The van der Waals surface area contributed by atoms with E-state index in [9.17, 15) is 4.79 Å². The Bertz CT molecular complexity index is 595. The third-order valence-corrected chi connectivity index (χ3v) is 2.21. The lowest BCUT2D eigenvalue weighted by atomic mass is 10.1. The van der Waals surface area contributed by atoms with E-state index in [1.165, 1.54) is 0 Å². The van der Waals surface area contributed by atoms with Crippen molar-refractivity contribution in [3.05, 3.63) is 45.3 Å². The summed E-state index contributed by atoms with van der Waals surface area (Å²) in [7, 11) is 0. The molecule has 4 heteroatoms. The normalized spacial score (nSPS) is 10.0. The van der Waals surface area contributed by atoms with Crippen LogP contribution in [0.25, 0.3) is 11.0 Å². The van der Waals surface area contributed by atoms with Crippen LogP contribution in [0.4, 0.5) is 0 Å². The molecule has 0 bridgehead atoms. The third-order valence-electron chi connectivity index (χ3n) is 1.87. The molecule has 0 saturated heterocycles. The van der Waals surface area contributed by atoms with Gasteiger partial charge in [-0.3, -0.25) is 0 Å². The molecule has 68 valence electrons. The lowest BCUT2D eigenvalue weighted by Crippen LogP contribution is -2.01. The van der Waals surface area contributed by atoms with E-state index in [1.807, 2.05) is 6.07 Å². The van der Waals surface area contributed by atoms with E-state index < -0.39 is 5.63 Å². The second kappa shape index (κ2) is 3.17. The number of hydrogen-bond acceptors (Lipinski definition) is 3. The van der Waals surface area contributed by atoms with Crippen LogP contribution < -0.4 is 5.63 Å². The van der Waals surface area contributed by atoms with Crippen LogP contribution in [0.2, 0.25) is 5.02 Å². The van der Waals surface area contributed by atoms with Crippen LogP contribution in [0.5, 0.6) is 0 Å². The van der Waals surface area contributed by atoms with Gasteiger partial charge in [-0.1, -0.05) is 23.7 Å². The molecule has 0 N–H and O–H groups in total. The lowest BCUT2D eigenvalue weighted by molar-refractivity contribution is 0.561. The first-order valence-corrected chi connectivity index (χ1v) is 4.23. The molecule has 0 aliphatic carbocycles. The summed E-state index contributed by atoms with van der Waals surface area (Å²) in [6.45, 7) is 0. The number of benzene rings is 1. The lowest BCUT2D eigenvalue weighted by Gasteiger charge is -1.98. The van der Waals surface area contributed by atoms with Gasteiger partial charge >= 0.3 is 5.63 Å². The van der Waals surface area contributed by atoms with E-state index in [0.717, 1.165) is 0 Å². The number of nitrogens with zero attached hydrogens (tertiary/aromatic N) is 1. The second-order valence-electron chi connectivity index (χ2n) is 2.69. The first-order valence-electron chi connectivity index (χ1n) is 3.85. The van der Waals surface area contributed by atoms with Crippen LogP contribution in [-0.2, 0) is 0 Å². The van der Waals surface area contributed by atoms with Crippen molar-refractivity contribution in [3.63, 3.8) is 0 Å². The monoisotopic (exact) mass is 205 g/mol. The van der Waals surface area contributed by atoms with Gasteiger partial charge in [-0.2, -0.15) is 5.26 Å². The molecular formula is C10H4ClNO2. The molecule has 0 spiro atoms. The smallest absolute Gasteiger partial charge is 0.356 e. The quantitative estimate of drug-likeness (QED) is 0.620. The van der Waals surface area contributed by atoms with Crippen molar-refractivity contribution in [2.45, 2.75) is 0 Å². The first kappa shape index (κ1) is 8.79. The minimum atomic E-state index is -0.679. The molecule has 1 heterocycles. The van der Waals surface area contributed by atoms with Gasteiger partial charge in [0.15, 0.2) is 0 Å². The highest BCUT2D eigenvalue weighted by Crippen LogP contribution is 2.21. The molecule has 0 atom stereocenters. The van der Waals surface area contributed by atoms with Crippen molar-refractivity contribution in [1.82, 2.24) is 0 Å². The van der Waals surface area contributed by atoms with Gasteiger partial charge in [0.05, 0.1) is 5.56 Å². The predicted octanol–water partition coefficient (Wildman–Crippen LogP) is 2.32. The minimum Gasteiger partial charge on any atom is -0.422 e. The Balaban J connectivity index is 3.06. The summed E-state index contributed by atoms with van der Waals surface area (Å²) in [5.74, 6) is 0. The van der Waals surface area contributed by atoms with Gasteiger partial charge in [0.2, 0.25) is 0 Å². The number of fused-ring (bicyclic) bond motifs is 1. The maximum atomic E-state index is 11.2. The molecule has 1 aromatic carbocycles. The third kappa shape index (κ3) is 1.17. The van der Waals surface area contributed by atoms with Crippen molar-refractivity contribution in [2.75, 3.05) is 0 Å². The summed E-state index contributed by atoms with van der Waals surface area (Å²) >= 11 is 5.64. The Morgan fingerprint density at radius 3 is 2.79 bits per heavy atom. The fourth-order valence-corrected chi connectivity index (χ4v) is 1.42. The topological polar surface area (TPSA) is 54.0 Å². The summed E-state index contributed by atoms with van der Waals surface area (Å²) < 4.78 is 4.90. The second-order valence-corrected chi connectivity index (χ2v) is 3.06. The molecule has 0 aliphatic heterocycles.